The molecule has 1 heterocycles. The van der Waals surface area contributed by atoms with E-state index in [-0.39, 0.29) is 5.78 Å². The number of hydrogen-bond acceptors (Lipinski definition) is 6. The summed E-state index contributed by atoms with van der Waals surface area (Å²) in [5, 5.41) is 2.99. The number of hydrogen-bond donors (Lipinski definition) is 2. The first-order valence-corrected chi connectivity index (χ1v) is 10.2. The number of nitrogens with zero attached hydrogens (tertiary/aromatic N) is 1. The van der Waals surface area contributed by atoms with Crippen molar-refractivity contribution in [2.24, 2.45) is 0 Å². The summed E-state index contributed by atoms with van der Waals surface area (Å²) in [6, 6.07) is 9.41. The van der Waals surface area contributed by atoms with Crippen LogP contribution in [0.5, 0.6) is 0 Å². The van der Waals surface area contributed by atoms with Gasteiger partial charge in [0.1, 0.15) is 6.29 Å². The van der Waals surface area contributed by atoms with E-state index in [1.54, 1.807) is 6.20 Å². The van der Waals surface area contributed by atoms with Crippen LogP contribution in [0.1, 0.15) is 36.0 Å². The van der Waals surface area contributed by atoms with Gasteiger partial charge in [-0.15, -0.1) is 12.6 Å². The van der Waals surface area contributed by atoms with E-state index in [9.17, 15) is 9.59 Å². The van der Waals surface area contributed by atoms with Crippen molar-refractivity contribution < 1.29 is 14.3 Å². The van der Waals surface area contributed by atoms with Gasteiger partial charge in [0.15, 0.2) is 5.78 Å². The fourth-order valence-electron chi connectivity index (χ4n) is 3.25. The molecule has 1 aromatic rings. The van der Waals surface area contributed by atoms with Gasteiger partial charge in [0.25, 0.3) is 0 Å². The molecule has 28 heavy (non-hydrogen) atoms. The Labute approximate surface area is 173 Å². The summed E-state index contributed by atoms with van der Waals surface area (Å²) in [5.74, 6) is 0.0680. The smallest absolute Gasteiger partial charge is 0.194 e. The summed E-state index contributed by atoms with van der Waals surface area (Å²) in [6.07, 6.45) is 6.93. The Kier molecular flexibility index (Phi) is 10.0. The van der Waals surface area contributed by atoms with E-state index in [0.717, 1.165) is 79.9 Å². The molecule has 0 bridgehead atoms. The molecule has 6 heteroatoms. The number of morpholine rings is 1. The average Bonchev–Trinajstić information content (AvgIpc) is 2.74. The lowest BCUT2D eigenvalue weighted by Gasteiger charge is -2.23. The highest BCUT2D eigenvalue weighted by atomic mass is 32.1. The number of carbonyl (C=O) groups excluding carboxylic acids is 2. The maximum absolute atomic E-state index is 12.6. The Bertz CT molecular complexity index is 695. The molecule has 0 amide bonds. The van der Waals surface area contributed by atoms with Crippen LogP contribution in [0, 0.1) is 0 Å². The third kappa shape index (κ3) is 6.93. The van der Waals surface area contributed by atoms with Crippen molar-refractivity contribution in [1.82, 2.24) is 10.2 Å². The highest BCUT2D eigenvalue weighted by Gasteiger charge is 2.20. The van der Waals surface area contributed by atoms with E-state index in [2.05, 4.69) is 22.8 Å². The van der Waals surface area contributed by atoms with Crippen LogP contribution in [0.2, 0.25) is 0 Å². The molecule has 5 nitrogen and oxygen atoms in total. The Hall–Kier alpha value is -1.89. The van der Waals surface area contributed by atoms with Crippen molar-refractivity contribution in [3.8, 4) is 0 Å². The molecule has 1 aliphatic heterocycles. The number of rotatable bonds is 6. The van der Waals surface area contributed by atoms with E-state index in [1.807, 2.05) is 37.4 Å². The van der Waals surface area contributed by atoms with E-state index >= 15 is 0 Å². The van der Waals surface area contributed by atoms with Gasteiger partial charge in [0, 0.05) is 37.5 Å². The topological polar surface area (TPSA) is 58.6 Å². The number of ketones is 1. The number of benzene rings is 1. The summed E-state index contributed by atoms with van der Waals surface area (Å²) in [4.78, 5) is 25.7. The zero-order valence-electron chi connectivity index (χ0n) is 16.5. The van der Waals surface area contributed by atoms with Crippen molar-refractivity contribution >= 4 is 24.7 Å². The largest absolute Gasteiger partial charge is 0.393 e. The molecule has 1 saturated heterocycles. The first-order valence-electron chi connectivity index (χ1n) is 9.79. The minimum absolute atomic E-state index is 0.0680. The Morgan fingerprint density at radius 1 is 1.18 bits per heavy atom. The molecule has 0 unspecified atom stereocenters. The minimum Gasteiger partial charge on any atom is -0.393 e. The molecule has 1 aromatic carbocycles. The van der Waals surface area contributed by atoms with Gasteiger partial charge in [0.2, 0.25) is 0 Å². The minimum atomic E-state index is 0.0680. The Morgan fingerprint density at radius 2 is 1.86 bits per heavy atom. The van der Waals surface area contributed by atoms with E-state index in [1.165, 1.54) is 0 Å². The van der Waals surface area contributed by atoms with E-state index in [4.69, 9.17) is 4.74 Å². The van der Waals surface area contributed by atoms with Crippen LogP contribution < -0.4 is 5.32 Å². The second-order valence-corrected chi connectivity index (χ2v) is 7.29. The van der Waals surface area contributed by atoms with Gasteiger partial charge in [-0.2, -0.15) is 0 Å². The lowest BCUT2D eigenvalue weighted by molar-refractivity contribution is -0.109. The molecule has 152 valence electrons. The zero-order chi connectivity index (χ0) is 20.2. The summed E-state index contributed by atoms with van der Waals surface area (Å²) in [6.45, 7) is 3.91. The second kappa shape index (κ2) is 12.5. The number of Topliss-reactive ketones (excluding diaryl/α,β-unsaturated/α-hetero) is 1. The summed E-state index contributed by atoms with van der Waals surface area (Å²) >= 11 is 4.55. The third-order valence-electron chi connectivity index (χ3n) is 4.77. The SMILES string of the molecule is CN/C=C(\C(=O)c1ccccc1)C1=C(S)CCCC1.O=CCN1CCOCC1. The number of aldehydes is 1. The fraction of sp³-hybridized carbons (Fsp3) is 0.455. The standard InChI is InChI=1S/C16H19NOS.C6H11NO2/c1-17-11-14(13-9-5-6-10-15(13)19)16(18)12-7-3-2-4-8-12;8-4-1-7-2-5-9-6-3-7/h2-4,7-8,11,17,19H,5-6,9-10H2,1H3;4H,1-3,5-6H2/b14-11-;. The second-order valence-electron chi connectivity index (χ2n) is 6.75. The Morgan fingerprint density at radius 3 is 2.46 bits per heavy atom. The summed E-state index contributed by atoms with van der Waals surface area (Å²) in [7, 11) is 1.82. The van der Waals surface area contributed by atoms with E-state index in [0.29, 0.717) is 6.54 Å². The summed E-state index contributed by atoms with van der Waals surface area (Å²) < 4.78 is 5.09. The highest BCUT2D eigenvalue weighted by molar-refractivity contribution is 7.84. The number of carbonyl (C=O) groups is 2. The molecule has 2 aliphatic rings. The average molecular weight is 403 g/mol. The predicted molar refractivity (Wildman–Crippen MR) is 116 cm³/mol. The van der Waals surface area contributed by atoms with Gasteiger partial charge in [-0.05, 0) is 36.2 Å². The monoisotopic (exact) mass is 402 g/mol. The first kappa shape index (κ1) is 22.4. The van der Waals surface area contributed by atoms with Crippen LogP contribution in [-0.2, 0) is 9.53 Å². The maximum atomic E-state index is 12.6. The van der Waals surface area contributed by atoms with Gasteiger partial charge in [-0.1, -0.05) is 30.3 Å². The van der Waals surface area contributed by atoms with Gasteiger partial charge in [-0.3, -0.25) is 9.69 Å². The van der Waals surface area contributed by atoms with Crippen molar-refractivity contribution in [3.63, 3.8) is 0 Å². The van der Waals surface area contributed by atoms with Crippen molar-refractivity contribution in [1.29, 1.82) is 0 Å². The molecule has 1 N–H and O–H groups in total. The van der Waals surface area contributed by atoms with Crippen LogP contribution in [0.25, 0.3) is 0 Å². The van der Waals surface area contributed by atoms with Gasteiger partial charge >= 0.3 is 0 Å². The van der Waals surface area contributed by atoms with Crippen LogP contribution in [-0.4, -0.2) is 56.9 Å². The fourth-order valence-corrected chi connectivity index (χ4v) is 3.64. The van der Waals surface area contributed by atoms with Gasteiger partial charge in [0.05, 0.1) is 19.8 Å². The predicted octanol–water partition coefficient (Wildman–Crippen LogP) is 3.25. The lowest BCUT2D eigenvalue weighted by Crippen LogP contribution is -2.37. The number of allylic oxidation sites excluding steroid dienone is 3. The van der Waals surface area contributed by atoms with Crippen molar-refractivity contribution in [2.45, 2.75) is 25.7 Å². The van der Waals surface area contributed by atoms with Crippen LogP contribution in [0.15, 0.2) is 52.6 Å². The molecule has 1 aliphatic carbocycles. The lowest BCUT2D eigenvalue weighted by atomic mass is 9.89. The highest BCUT2D eigenvalue weighted by Crippen LogP contribution is 2.33. The zero-order valence-corrected chi connectivity index (χ0v) is 17.4. The third-order valence-corrected chi connectivity index (χ3v) is 5.26. The molecular formula is C22H30N2O3S. The molecule has 1 fully saturated rings. The van der Waals surface area contributed by atoms with Crippen LogP contribution in [0.4, 0.5) is 0 Å². The van der Waals surface area contributed by atoms with Gasteiger partial charge in [-0.25, -0.2) is 0 Å². The van der Waals surface area contributed by atoms with Crippen LogP contribution in [0.3, 0.4) is 0 Å². The molecule has 0 spiro atoms. The first-order chi connectivity index (χ1) is 13.7. The molecule has 0 radical (unpaired) electrons. The molecule has 0 atom stereocenters. The van der Waals surface area contributed by atoms with E-state index < -0.39 is 0 Å². The number of thiol groups is 1. The quantitative estimate of drug-likeness (QED) is 0.331. The molecule has 3 rings (SSSR count). The van der Waals surface area contributed by atoms with Crippen LogP contribution >= 0.6 is 12.6 Å². The molecular weight excluding hydrogens is 372 g/mol. The maximum Gasteiger partial charge on any atom is 0.194 e. The summed E-state index contributed by atoms with van der Waals surface area (Å²) in [5.41, 5.74) is 2.57. The Balaban J connectivity index is 0.000000261. The van der Waals surface area contributed by atoms with Crippen molar-refractivity contribution in [2.75, 3.05) is 39.9 Å². The van der Waals surface area contributed by atoms with Gasteiger partial charge < -0.3 is 14.8 Å². The number of ether oxygens (including phenoxy) is 1. The number of nitrogens with one attached hydrogen (secondary N) is 1. The molecule has 0 saturated carbocycles. The van der Waals surface area contributed by atoms with Crippen molar-refractivity contribution in [3.05, 3.63) is 58.1 Å². The molecule has 0 aromatic heterocycles. The normalized spacial score (nSPS) is 18.1.